The van der Waals surface area contributed by atoms with Gasteiger partial charge in [0.2, 0.25) is 5.91 Å². The second-order valence-corrected chi connectivity index (χ2v) is 11.6. The average Bonchev–Trinajstić information content (AvgIpc) is 3.13. The van der Waals surface area contributed by atoms with E-state index in [9.17, 15) is 27.2 Å². The van der Waals surface area contributed by atoms with E-state index in [1.54, 1.807) is 19.1 Å². The molecule has 12 heteroatoms. The molecule has 39 heavy (non-hydrogen) atoms. The number of nitrogens with one attached hydrogen (secondary N) is 2. The fourth-order valence-electron chi connectivity index (χ4n) is 4.54. The number of benzene rings is 3. The Labute approximate surface area is 221 Å². The van der Waals surface area contributed by atoms with Gasteiger partial charge in [-0.3, -0.25) is 4.79 Å². The van der Waals surface area contributed by atoms with Crippen molar-refractivity contribution >= 4 is 36.5 Å². The van der Waals surface area contributed by atoms with Crippen molar-refractivity contribution in [1.29, 1.82) is 0 Å². The predicted octanol–water partition coefficient (Wildman–Crippen LogP) is 6.47. The van der Waals surface area contributed by atoms with E-state index in [1.807, 2.05) is 25.5 Å². The number of nitrogens with zero attached hydrogens (tertiary/aromatic N) is 1. The minimum absolute atomic E-state index is 0.0311. The molecule has 1 aliphatic heterocycles. The largest absolute Gasteiger partial charge is 0.416 e. The van der Waals surface area contributed by atoms with Crippen LogP contribution in [0.2, 0.25) is 0 Å². The second-order valence-electron chi connectivity index (χ2n) is 9.31. The van der Waals surface area contributed by atoms with E-state index in [0.717, 1.165) is 16.3 Å². The highest BCUT2D eigenvalue weighted by molar-refractivity contribution is 7.64. The number of hydrogen-bond acceptors (Lipinski definition) is 2. The van der Waals surface area contributed by atoms with Crippen molar-refractivity contribution in [2.75, 3.05) is 23.5 Å². The zero-order valence-corrected chi connectivity index (χ0v) is 21.9. The molecule has 206 valence electrons. The molecule has 1 aliphatic rings. The van der Waals surface area contributed by atoms with Gasteiger partial charge >= 0.3 is 12.2 Å². The molecule has 5 nitrogen and oxygen atoms in total. The molecule has 2 unspecified atom stereocenters. The van der Waals surface area contributed by atoms with Crippen LogP contribution in [0.1, 0.15) is 18.9 Å². The molecular formula is C27H24F6N3O2P. The first-order valence-electron chi connectivity index (χ1n) is 11.8. The maximum Gasteiger partial charge on any atom is 0.416 e. The Kier molecular flexibility index (Phi) is 7.93. The lowest BCUT2D eigenvalue weighted by atomic mass is 10.0. The summed E-state index contributed by atoms with van der Waals surface area (Å²) in [5, 5.41) is 5.29. The van der Waals surface area contributed by atoms with E-state index < -0.39 is 66.8 Å². The molecule has 1 fully saturated rings. The summed E-state index contributed by atoms with van der Waals surface area (Å²) in [6.07, 6.45) is -4.73. The summed E-state index contributed by atoms with van der Waals surface area (Å²) in [5.41, 5.74) is -1.42. The molecule has 2 N–H and O–H groups in total. The van der Waals surface area contributed by atoms with Crippen molar-refractivity contribution in [3.63, 3.8) is 0 Å². The normalized spacial score (nSPS) is 17.6. The first-order valence-corrected chi connectivity index (χ1v) is 14.0. The number of hydrogen-bond donors (Lipinski definition) is 2. The van der Waals surface area contributed by atoms with Gasteiger partial charge < -0.3 is 15.5 Å². The summed E-state index contributed by atoms with van der Waals surface area (Å²) >= 11 is 0. The first kappa shape index (κ1) is 28.4. The third-order valence-electron chi connectivity index (χ3n) is 6.40. The molecule has 3 aromatic carbocycles. The minimum Gasteiger partial charge on any atom is -0.326 e. The Morgan fingerprint density at radius 3 is 2.31 bits per heavy atom. The van der Waals surface area contributed by atoms with Crippen molar-refractivity contribution in [1.82, 2.24) is 5.32 Å². The number of carbonyl (C=O) groups is 2. The number of carbonyl (C=O) groups excluding carboxylic acids is 2. The van der Waals surface area contributed by atoms with Crippen LogP contribution in [0.25, 0.3) is 11.1 Å². The van der Waals surface area contributed by atoms with Crippen molar-refractivity contribution in [3.8, 4) is 11.1 Å². The van der Waals surface area contributed by atoms with Crippen LogP contribution in [0.5, 0.6) is 0 Å². The fourth-order valence-corrected chi connectivity index (χ4v) is 5.60. The summed E-state index contributed by atoms with van der Waals surface area (Å²) in [5.74, 6) is -4.35. The number of anilines is 2. The maximum atomic E-state index is 15.3. The minimum atomic E-state index is -4.76. The third-order valence-corrected chi connectivity index (χ3v) is 7.75. The van der Waals surface area contributed by atoms with E-state index in [1.165, 1.54) is 12.1 Å². The van der Waals surface area contributed by atoms with Crippen molar-refractivity contribution in [2.45, 2.75) is 31.6 Å². The van der Waals surface area contributed by atoms with Crippen LogP contribution in [0.3, 0.4) is 0 Å². The molecule has 1 saturated heterocycles. The highest BCUT2D eigenvalue weighted by Crippen LogP contribution is 2.37. The van der Waals surface area contributed by atoms with Gasteiger partial charge in [0, 0.05) is 11.6 Å². The van der Waals surface area contributed by atoms with Gasteiger partial charge in [0.1, 0.15) is 11.9 Å². The van der Waals surface area contributed by atoms with E-state index >= 15 is 8.78 Å². The van der Waals surface area contributed by atoms with Gasteiger partial charge in [-0.15, -0.1) is 0 Å². The SMILES string of the molecule is CC1CC(NC(=O)Nc2ccc(C(F)(F)F)cc2F)C(=O)N1c1ccc(-c2ccccc2P(C)C)c(F)c1F. The number of amides is 3. The zero-order chi connectivity index (χ0) is 28.6. The molecule has 0 spiro atoms. The zero-order valence-electron chi connectivity index (χ0n) is 21.0. The smallest absolute Gasteiger partial charge is 0.326 e. The molecule has 0 aromatic heterocycles. The Hall–Kier alpha value is -3.59. The number of urea groups is 1. The molecule has 2 atom stereocenters. The lowest BCUT2D eigenvalue weighted by Crippen LogP contribution is -2.44. The quantitative estimate of drug-likeness (QED) is 0.274. The monoisotopic (exact) mass is 567 g/mol. The van der Waals surface area contributed by atoms with Crippen LogP contribution in [0.15, 0.2) is 54.6 Å². The summed E-state index contributed by atoms with van der Waals surface area (Å²) in [4.78, 5) is 26.5. The summed E-state index contributed by atoms with van der Waals surface area (Å²) < 4.78 is 82.9. The Morgan fingerprint density at radius 2 is 1.67 bits per heavy atom. The standard InChI is InChI=1S/C27H24F6N3O2P/c1-14-12-20(35-26(38)34-19-10-8-15(13-18(19)28)27(31,32)33)25(37)36(14)21-11-9-17(23(29)24(21)30)16-6-4-5-7-22(16)39(2)3/h4-11,13-14,20H,12H2,1-3H3,(H2,34,35,38). The summed E-state index contributed by atoms with van der Waals surface area (Å²) in [6, 6.07) is 8.59. The molecule has 3 aromatic rings. The lowest BCUT2D eigenvalue weighted by molar-refractivity contribution is -0.137. The first-order chi connectivity index (χ1) is 18.3. The number of alkyl halides is 3. The van der Waals surface area contributed by atoms with Crippen molar-refractivity contribution in [2.24, 2.45) is 0 Å². The van der Waals surface area contributed by atoms with Crippen LogP contribution >= 0.6 is 7.92 Å². The van der Waals surface area contributed by atoms with Gasteiger partial charge in [-0.05, 0) is 67.9 Å². The number of halogens is 6. The highest BCUT2D eigenvalue weighted by Gasteiger charge is 2.41. The molecule has 0 saturated carbocycles. The second kappa shape index (κ2) is 10.9. The molecular weight excluding hydrogens is 543 g/mol. The van der Waals surface area contributed by atoms with Crippen molar-refractivity contribution in [3.05, 3.63) is 77.6 Å². The molecule has 0 aliphatic carbocycles. The topological polar surface area (TPSA) is 61.4 Å². The van der Waals surface area contributed by atoms with Gasteiger partial charge in [-0.1, -0.05) is 32.2 Å². The predicted molar refractivity (Wildman–Crippen MR) is 139 cm³/mol. The average molecular weight is 567 g/mol. The molecule has 1 heterocycles. The third kappa shape index (κ3) is 5.73. The van der Waals surface area contributed by atoms with E-state index in [-0.39, 0.29) is 23.7 Å². The van der Waals surface area contributed by atoms with Gasteiger partial charge in [-0.2, -0.15) is 13.2 Å². The summed E-state index contributed by atoms with van der Waals surface area (Å²) in [7, 11) is -0.608. The maximum absolute atomic E-state index is 15.3. The summed E-state index contributed by atoms with van der Waals surface area (Å²) in [6.45, 7) is 5.59. The molecule has 0 radical (unpaired) electrons. The van der Waals surface area contributed by atoms with E-state index in [0.29, 0.717) is 11.6 Å². The van der Waals surface area contributed by atoms with Gasteiger partial charge in [0.15, 0.2) is 11.6 Å². The van der Waals surface area contributed by atoms with Gasteiger partial charge in [-0.25, -0.2) is 18.0 Å². The number of rotatable bonds is 5. The van der Waals surface area contributed by atoms with Crippen LogP contribution in [0, 0.1) is 17.5 Å². The Balaban J connectivity index is 1.52. The van der Waals surface area contributed by atoms with E-state index in [2.05, 4.69) is 10.6 Å². The van der Waals surface area contributed by atoms with Gasteiger partial charge in [0.25, 0.3) is 0 Å². The van der Waals surface area contributed by atoms with Crippen LogP contribution < -0.4 is 20.8 Å². The lowest BCUT2D eigenvalue weighted by Gasteiger charge is -2.23. The molecule has 3 amide bonds. The fraction of sp³-hybridized carbons (Fsp3) is 0.259. The molecule has 0 bridgehead atoms. The van der Waals surface area contributed by atoms with E-state index in [4.69, 9.17) is 0 Å². The van der Waals surface area contributed by atoms with Crippen LogP contribution in [-0.2, 0) is 11.0 Å². The highest BCUT2D eigenvalue weighted by atomic mass is 31.1. The van der Waals surface area contributed by atoms with Gasteiger partial charge in [0.05, 0.1) is 16.9 Å². The van der Waals surface area contributed by atoms with Crippen LogP contribution in [-0.4, -0.2) is 37.4 Å². The van der Waals surface area contributed by atoms with Crippen LogP contribution in [0.4, 0.5) is 42.5 Å². The Morgan fingerprint density at radius 1 is 0.974 bits per heavy atom. The Bertz CT molecular complexity index is 1430. The molecule has 4 rings (SSSR count). The van der Waals surface area contributed by atoms with Crippen molar-refractivity contribution < 1.29 is 35.9 Å².